The number of aliphatic hydroxyl groups is 1. The minimum absolute atomic E-state index is 0.604. The summed E-state index contributed by atoms with van der Waals surface area (Å²) < 4.78 is 1.12. The molecule has 0 amide bonds. The lowest BCUT2D eigenvalue weighted by atomic mass is 9.95. The van der Waals surface area contributed by atoms with Gasteiger partial charge in [0.2, 0.25) is 0 Å². The van der Waals surface area contributed by atoms with Crippen molar-refractivity contribution < 1.29 is 5.11 Å². The molecule has 0 bridgehead atoms. The van der Waals surface area contributed by atoms with E-state index in [-0.39, 0.29) is 0 Å². The zero-order valence-corrected chi connectivity index (χ0v) is 10.6. The highest BCUT2D eigenvalue weighted by Crippen LogP contribution is 2.31. The first-order chi connectivity index (χ1) is 8.16. The maximum absolute atomic E-state index is 10.1. The van der Waals surface area contributed by atoms with Crippen LogP contribution in [-0.2, 0) is 0 Å². The lowest BCUT2D eigenvalue weighted by Crippen LogP contribution is -2.46. The van der Waals surface area contributed by atoms with Gasteiger partial charge in [-0.3, -0.25) is 0 Å². The third kappa shape index (κ3) is 2.00. The first kappa shape index (κ1) is 10.9. The standard InChI is InChI=1S/C12H15N3OS/c1-12(16)4-2-5-15(7-12)11-10-9(3-6-17-10)13-8-14-11/h3,6,8,16H,2,4-5,7H2,1H3. The van der Waals surface area contributed by atoms with E-state index in [0.29, 0.717) is 6.54 Å². The minimum atomic E-state index is -0.604. The van der Waals surface area contributed by atoms with Crippen LogP contribution in [0.3, 0.4) is 0 Å². The van der Waals surface area contributed by atoms with E-state index in [9.17, 15) is 5.11 Å². The fraction of sp³-hybridized carbons (Fsp3) is 0.500. The van der Waals surface area contributed by atoms with E-state index in [1.165, 1.54) is 0 Å². The topological polar surface area (TPSA) is 49.2 Å². The summed E-state index contributed by atoms with van der Waals surface area (Å²) in [5.74, 6) is 0.963. The largest absolute Gasteiger partial charge is 0.388 e. The summed E-state index contributed by atoms with van der Waals surface area (Å²) in [5, 5.41) is 12.2. The Morgan fingerprint density at radius 3 is 3.18 bits per heavy atom. The summed E-state index contributed by atoms with van der Waals surface area (Å²) in [7, 11) is 0. The molecular weight excluding hydrogens is 234 g/mol. The molecule has 4 nitrogen and oxygen atoms in total. The Labute approximate surface area is 104 Å². The van der Waals surface area contributed by atoms with Crippen molar-refractivity contribution in [2.24, 2.45) is 0 Å². The summed E-state index contributed by atoms with van der Waals surface area (Å²) in [5.41, 5.74) is 0.387. The van der Waals surface area contributed by atoms with Gasteiger partial charge in [0.15, 0.2) is 0 Å². The van der Waals surface area contributed by atoms with Crippen LogP contribution in [0.1, 0.15) is 19.8 Å². The van der Waals surface area contributed by atoms with Gasteiger partial charge in [0.05, 0.1) is 15.8 Å². The maximum atomic E-state index is 10.1. The van der Waals surface area contributed by atoms with Gasteiger partial charge in [0.25, 0.3) is 0 Å². The lowest BCUT2D eigenvalue weighted by Gasteiger charge is -2.37. The molecule has 0 saturated carbocycles. The Kier molecular flexibility index (Phi) is 2.52. The van der Waals surface area contributed by atoms with Gasteiger partial charge in [-0.1, -0.05) is 0 Å². The molecule has 17 heavy (non-hydrogen) atoms. The fourth-order valence-corrected chi connectivity index (χ4v) is 3.26. The molecule has 2 aromatic rings. The van der Waals surface area contributed by atoms with Gasteiger partial charge in [-0.2, -0.15) is 0 Å². The van der Waals surface area contributed by atoms with Crippen molar-refractivity contribution in [3.8, 4) is 0 Å². The highest BCUT2D eigenvalue weighted by Gasteiger charge is 2.29. The number of thiophene rings is 1. The van der Waals surface area contributed by atoms with E-state index in [1.54, 1.807) is 17.7 Å². The molecule has 0 spiro atoms. The average Bonchev–Trinajstić information content (AvgIpc) is 2.75. The molecule has 1 aliphatic heterocycles. The smallest absolute Gasteiger partial charge is 0.150 e. The second-order valence-electron chi connectivity index (χ2n) is 4.85. The molecule has 3 rings (SSSR count). The van der Waals surface area contributed by atoms with Crippen LogP contribution in [-0.4, -0.2) is 33.8 Å². The van der Waals surface area contributed by atoms with E-state index in [2.05, 4.69) is 14.9 Å². The van der Waals surface area contributed by atoms with Gasteiger partial charge >= 0.3 is 0 Å². The van der Waals surface area contributed by atoms with Crippen molar-refractivity contribution in [1.29, 1.82) is 0 Å². The summed E-state index contributed by atoms with van der Waals surface area (Å²) >= 11 is 1.66. The quantitative estimate of drug-likeness (QED) is 0.840. The van der Waals surface area contributed by atoms with Gasteiger partial charge in [-0.15, -0.1) is 11.3 Å². The van der Waals surface area contributed by atoms with Gasteiger partial charge in [0.1, 0.15) is 12.1 Å². The van der Waals surface area contributed by atoms with Crippen molar-refractivity contribution in [2.75, 3.05) is 18.0 Å². The lowest BCUT2D eigenvalue weighted by molar-refractivity contribution is 0.0448. The van der Waals surface area contributed by atoms with Crippen LogP contribution >= 0.6 is 11.3 Å². The zero-order valence-electron chi connectivity index (χ0n) is 9.76. The third-order valence-electron chi connectivity index (χ3n) is 3.20. The van der Waals surface area contributed by atoms with Gasteiger partial charge in [-0.05, 0) is 31.2 Å². The number of aromatic nitrogens is 2. The van der Waals surface area contributed by atoms with E-state index < -0.39 is 5.60 Å². The number of anilines is 1. The Bertz CT molecular complexity index is 537. The van der Waals surface area contributed by atoms with Crippen molar-refractivity contribution in [2.45, 2.75) is 25.4 Å². The molecule has 1 atom stereocenters. The van der Waals surface area contributed by atoms with E-state index in [0.717, 1.165) is 35.4 Å². The number of hydrogen-bond donors (Lipinski definition) is 1. The molecule has 0 aliphatic carbocycles. The molecule has 1 unspecified atom stereocenters. The van der Waals surface area contributed by atoms with E-state index >= 15 is 0 Å². The predicted octanol–water partition coefficient (Wildman–Crippen LogP) is 2.04. The van der Waals surface area contributed by atoms with Crippen LogP contribution in [0.15, 0.2) is 17.8 Å². The van der Waals surface area contributed by atoms with Gasteiger partial charge in [0, 0.05) is 13.1 Å². The summed E-state index contributed by atoms with van der Waals surface area (Å²) in [6.45, 7) is 3.50. The van der Waals surface area contributed by atoms with Crippen LogP contribution in [0, 0.1) is 0 Å². The SMILES string of the molecule is CC1(O)CCCN(c2ncnc3ccsc23)C1. The van der Waals surface area contributed by atoms with Crippen LogP contribution in [0.2, 0.25) is 0 Å². The van der Waals surface area contributed by atoms with Gasteiger partial charge in [-0.25, -0.2) is 9.97 Å². The summed E-state index contributed by atoms with van der Waals surface area (Å²) in [4.78, 5) is 10.8. The third-order valence-corrected chi connectivity index (χ3v) is 4.10. The number of fused-ring (bicyclic) bond motifs is 1. The molecular formula is C12H15N3OS. The highest BCUT2D eigenvalue weighted by molar-refractivity contribution is 7.17. The fourth-order valence-electron chi connectivity index (χ4n) is 2.40. The molecule has 0 radical (unpaired) electrons. The molecule has 1 aliphatic rings. The Morgan fingerprint density at radius 1 is 1.47 bits per heavy atom. The van der Waals surface area contributed by atoms with E-state index in [4.69, 9.17) is 0 Å². The molecule has 1 saturated heterocycles. The molecule has 90 valence electrons. The van der Waals surface area contributed by atoms with Crippen LogP contribution in [0.25, 0.3) is 10.2 Å². The average molecular weight is 249 g/mol. The normalized spacial score (nSPS) is 25.4. The van der Waals surface area contributed by atoms with Crippen molar-refractivity contribution in [1.82, 2.24) is 9.97 Å². The van der Waals surface area contributed by atoms with Crippen molar-refractivity contribution in [3.05, 3.63) is 17.8 Å². The van der Waals surface area contributed by atoms with Crippen molar-refractivity contribution in [3.63, 3.8) is 0 Å². The van der Waals surface area contributed by atoms with E-state index in [1.807, 2.05) is 18.4 Å². The number of piperidine rings is 1. The first-order valence-corrected chi connectivity index (χ1v) is 6.69. The maximum Gasteiger partial charge on any atom is 0.150 e. The Morgan fingerprint density at radius 2 is 2.35 bits per heavy atom. The monoisotopic (exact) mass is 249 g/mol. The Hall–Kier alpha value is -1.20. The molecule has 3 heterocycles. The minimum Gasteiger partial charge on any atom is -0.388 e. The molecule has 1 N–H and O–H groups in total. The second kappa shape index (κ2) is 3.92. The number of nitrogens with zero attached hydrogens (tertiary/aromatic N) is 3. The van der Waals surface area contributed by atoms with Crippen LogP contribution in [0.4, 0.5) is 5.82 Å². The zero-order chi connectivity index (χ0) is 11.9. The number of hydrogen-bond acceptors (Lipinski definition) is 5. The molecule has 1 fully saturated rings. The Balaban J connectivity index is 2.00. The molecule has 0 aromatic carbocycles. The predicted molar refractivity (Wildman–Crippen MR) is 69.5 cm³/mol. The van der Waals surface area contributed by atoms with Crippen LogP contribution < -0.4 is 4.90 Å². The second-order valence-corrected chi connectivity index (χ2v) is 5.77. The first-order valence-electron chi connectivity index (χ1n) is 5.81. The number of β-amino-alcohol motifs (C(OH)–C–C–N with tert-alkyl or cyclic N) is 1. The summed E-state index contributed by atoms with van der Waals surface area (Å²) in [6, 6.07) is 2.01. The number of rotatable bonds is 1. The van der Waals surface area contributed by atoms with Crippen molar-refractivity contribution >= 4 is 27.4 Å². The van der Waals surface area contributed by atoms with Crippen LogP contribution in [0.5, 0.6) is 0 Å². The summed E-state index contributed by atoms with van der Waals surface area (Å²) in [6.07, 6.45) is 3.47. The van der Waals surface area contributed by atoms with Gasteiger partial charge < -0.3 is 10.0 Å². The highest BCUT2D eigenvalue weighted by atomic mass is 32.1. The molecule has 5 heteroatoms. The molecule has 2 aromatic heterocycles.